The van der Waals surface area contributed by atoms with E-state index >= 15 is 0 Å². The van der Waals surface area contributed by atoms with Gasteiger partial charge in [0.25, 0.3) is 0 Å². The monoisotopic (exact) mass is 330 g/mol. The number of hydrogen-bond donors (Lipinski definition) is 2. The minimum Gasteiger partial charge on any atom is -0.493 e. The molecule has 1 atom stereocenters. The van der Waals surface area contributed by atoms with E-state index in [1.165, 1.54) is 11.1 Å². The third-order valence-electron chi connectivity index (χ3n) is 3.20. The van der Waals surface area contributed by atoms with Crippen LogP contribution in [0.3, 0.4) is 0 Å². The van der Waals surface area contributed by atoms with Gasteiger partial charge in [-0.1, -0.05) is 15.9 Å². The van der Waals surface area contributed by atoms with Crippen LogP contribution in [0.25, 0.3) is 0 Å². The first-order chi connectivity index (χ1) is 8.74. The van der Waals surface area contributed by atoms with E-state index in [2.05, 4.69) is 39.7 Å². The normalized spacial score (nSPS) is 15.3. The van der Waals surface area contributed by atoms with Crippen LogP contribution in [0.4, 0.5) is 0 Å². The number of ether oxygens (including phenoxy) is 1. The highest BCUT2D eigenvalue weighted by Gasteiger charge is 2.19. The summed E-state index contributed by atoms with van der Waals surface area (Å²) in [5.41, 5.74) is 5.47. The quantitative estimate of drug-likeness (QED) is 0.621. The van der Waals surface area contributed by atoms with Crippen molar-refractivity contribution < 1.29 is 4.74 Å². The Kier molecular flexibility index (Phi) is 5.36. The van der Waals surface area contributed by atoms with Gasteiger partial charge < -0.3 is 4.74 Å². The van der Waals surface area contributed by atoms with Crippen LogP contribution in [-0.4, -0.2) is 24.7 Å². The van der Waals surface area contributed by atoms with Gasteiger partial charge in [0, 0.05) is 16.9 Å². The second kappa shape index (κ2) is 6.80. The lowest BCUT2D eigenvalue weighted by Gasteiger charge is -2.17. The Bertz CT molecular complexity index is 414. The summed E-state index contributed by atoms with van der Waals surface area (Å²) in [6.45, 7) is 0.796. The number of hydrogen-bond acceptors (Lipinski definition) is 4. The molecular formula is C13H19BrN2OS. The second-order valence-electron chi connectivity index (χ2n) is 4.50. The van der Waals surface area contributed by atoms with E-state index in [1.807, 2.05) is 11.8 Å². The first kappa shape index (κ1) is 14.2. The number of hydrazine groups is 1. The Hall–Kier alpha value is -0.230. The molecule has 100 valence electrons. The van der Waals surface area contributed by atoms with Crippen molar-refractivity contribution in [2.24, 2.45) is 5.84 Å². The van der Waals surface area contributed by atoms with E-state index in [0.29, 0.717) is 6.04 Å². The minimum absolute atomic E-state index is 0.306. The molecule has 1 unspecified atom stereocenters. The Morgan fingerprint density at radius 1 is 1.56 bits per heavy atom. The predicted molar refractivity (Wildman–Crippen MR) is 81.2 cm³/mol. The summed E-state index contributed by atoms with van der Waals surface area (Å²) >= 11 is 5.42. The van der Waals surface area contributed by atoms with E-state index < -0.39 is 0 Å². The fourth-order valence-corrected chi connectivity index (χ4v) is 3.34. The zero-order valence-corrected chi connectivity index (χ0v) is 12.9. The van der Waals surface area contributed by atoms with E-state index in [-0.39, 0.29) is 0 Å². The van der Waals surface area contributed by atoms with Crippen molar-refractivity contribution in [1.82, 2.24) is 5.43 Å². The van der Waals surface area contributed by atoms with Crippen LogP contribution in [0.15, 0.2) is 16.6 Å². The molecule has 0 spiro atoms. The summed E-state index contributed by atoms with van der Waals surface area (Å²) in [4.78, 5) is 0. The molecule has 0 aromatic heterocycles. The molecule has 3 nitrogen and oxygen atoms in total. The van der Waals surface area contributed by atoms with E-state index in [9.17, 15) is 0 Å². The summed E-state index contributed by atoms with van der Waals surface area (Å²) in [5, 5.41) is 0. The molecule has 1 aromatic rings. The van der Waals surface area contributed by atoms with Gasteiger partial charge in [0.2, 0.25) is 0 Å². The van der Waals surface area contributed by atoms with E-state index in [0.717, 1.165) is 41.8 Å². The van der Waals surface area contributed by atoms with Crippen molar-refractivity contribution >= 4 is 27.7 Å². The maximum atomic E-state index is 5.74. The van der Waals surface area contributed by atoms with Gasteiger partial charge in [0.1, 0.15) is 5.75 Å². The number of halogens is 1. The number of fused-ring (bicyclic) bond motifs is 1. The largest absolute Gasteiger partial charge is 0.493 e. The van der Waals surface area contributed by atoms with Gasteiger partial charge >= 0.3 is 0 Å². The highest BCUT2D eigenvalue weighted by atomic mass is 79.9. The summed E-state index contributed by atoms with van der Waals surface area (Å²) in [7, 11) is 0. The average molecular weight is 331 g/mol. The number of benzene rings is 1. The Labute approximate surface area is 121 Å². The molecule has 0 bridgehead atoms. The van der Waals surface area contributed by atoms with Gasteiger partial charge in [0.15, 0.2) is 0 Å². The molecule has 1 aliphatic rings. The van der Waals surface area contributed by atoms with Crippen molar-refractivity contribution in [3.63, 3.8) is 0 Å². The molecule has 2 rings (SSSR count). The lowest BCUT2D eigenvalue weighted by Crippen LogP contribution is -2.37. The van der Waals surface area contributed by atoms with Crippen LogP contribution in [0, 0.1) is 0 Å². The van der Waals surface area contributed by atoms with Gasteiger partial charge in [-0.05, 0) is 48.1 Å². The summed E-state index contributed by atoms with van der Waals surface area (Å²) < 4.78 is 6.87. The lowest BCUT2D eigenvalue weighted by atomic mass is 10.0. The molecule has 18 heavy (non-hydrogen) atoms. The zero-order chi connectivity index (χ0) is 13.0. The van der Waals surface area contributed by atoms with E-state index in [4.69, 9.17) is 10.6 Å². The number of thioether (sulfide) groups is 1. The van der Waals surface area contributed by atoms with Crippen LogP contribution >= 0.6 is 27.7 Å². The smallest absolute Gasteiger partial charge is 0.125 e. The molecule has 0 saturated carbocycles. The summed E-state index contributed by atoms with van der Waals surface area (Å²) in [5.74, 6) is 7.82. The molecule has 1 heterocycles. The standard InChI is InChI=1S/C13H19BrN2OS/c1-18-5-3-12(16-15)8-10-7-11(14)6-9-2-4-17-13(9)10/h6-7,12,16H,2-5,8,15H2,1H3. The fraction of sp³-hybridized carbons (Fsp3) is 0.538. The van der Waals surface area contributed by atoms with Crippen LogP contribution in [0.2, 0.25) is 0 Å². The summed E-state index contributed by atoms with van der Waals surface area (Å²) in [6, 6.07) is 4.60. The molecule has 0 radical (unpaired) electrons. The van der Waals surface area contributed by atoms with Crippen molar-refractivity contribution in [2.45, 2.75) is 25.3 Å². The molecule has 5 heteroatoms. The first-order valence-electron chi connectivity index (χ1n) is 6.13. The van der Waals surface area contributed by atoms with Crippen LogP contribution in [-0.2, 0) is 12.8 Å². The number of nitrogens with one attached hydrogen (secondary N) is 1. The van der Waals surface area contributed by atoms with Crippen LogP contribution in [0.1, 0.15) is 17.5 Å². The molecule has 3 N–H and O–H groups in total. The molecule has 1 aromatic carbocycles. The number of nitrogens with two attached hydrogens (primary N) is 1. The van der Waals surface area contributed by atoms with Gasteiger partial charge in [-0.25, -0.2) is 0 Å². The van der Waals surface area contributed by atoms with Crippen LogP contribution in [0.5, 0.6) is 5.75 Å². The van der Waals surface area contributed by atoms with Crippen LogP contribution < -0.4 is 16.0 Å². The van der Waals surface area contributed by atoms with Gasteiger partial charge in [-0.3, -0.25) is 11.3 Å². The predicted octanol–water partition coefficient (Wildman–Crippen LogP) is 2.51. The molecule has 0 aliphatic carbocycles. The van der Waals surface area contributed by atoms with Crippen molar-refractivity contribution in [3.8, 4) is 5.75 Å². The third-order valence-corrected chi connectivity index (χ3v) is 4.30. The Morgan fingerprint density at radius 2 is 2.39 bits per heavy atom. The minimum atomic E-state index is 0.306. The Balaban J connectivity index is 2.12. The van der Waals surface area contributed by atoms with Crippen molar-refractivity contribution in [3.05, 3.63) is 27.7 Å². The molecular weight excluding hydrogens is 312 g/mol. The second-order valence-corrected chi connectivity index (χ2v) is 6.40. The van der Waals surface area contributed by atoms with Gasteiger partial charge in [0.05, 0.1) is 6.61 Å². The molecule has 0 fully saturated rings. The average Bonchev–Trinajstić information content (AvgIpc) is 2.82. The fourth-order valence-electron chi connectivity index (χ4n) is 2.27. The SMILES string of the molecule is CSCCC(Cc1cc(Br)cc2c1OCC2)NN. The van der Waals surface area contributed by atoms with Gasteiger partial charge in [-0.2, -0.15) is 11.8 Å². The number of rotatable bonds is 6. The topological polar surface area (TPSA) is 47.3 Å². The van der Waals surface area contributed by atoms with Gasteiger partial charge in [-0.15, -0.1) is 0 Å². The Morgan fingerprint density at radius 3 is 3.11 bits per heavy atom. The third kappa shape index (κ3) is 3.41. The first-order valence-corrected chi connectivity index (χ1v) is 8.32. The summed E-state index contributed by atoms with van der Waals surface area (Å²) in [6.07, 6.45) is 5.11. The molecule has 0 saturated heterocycles. The molecule has 1 aliphatic heterocycles. The zero-order valence-electron chi connectivity index (χ0n) is 10.5. The molecule has 0 amide bonds. The lowest BCUT2D eigenvalue weighted by molar-refractivity contribution is 0.351. The highest BCUT2D eigenvalue weighted by molar-refractivity contribution is 9.10. The maximum Gasteiger partial charge on any atom is 0.125 e. The van der Waals surface area contributed by atoms with Crippen molar-refractivity contribution in [2.75, 3.05) is 18.6 Å². The maximum absolute atomic E-state index is 5.74. The van der Waals surface area contributed by atoms with Crippen molar-refractivity contribution in [1.29, 1.82) is 0 Å². The van der Waals surface area contributed by atoms with E-state index in [1.54, 1.807) is 0 Å². The highest BCUT2D eigenvalue weighted by Crippen LogP contribution is 2.33.